The number of benzene rings is 1. The van der Waals surface area contributed by atoms with Crippen molar-refractivity contribution < 1.29 is 0 Å². The molecular weight excluding hydrogens is 320 g/mol. The van der Waals surface area contributed by atoms with E-state index in [0.29, 0.717) is 4.64 Å². The summed E-state index contributed by atoms with van der Waals surface area (Å²) in [6.45, 7) is 6.49. The van der Waals surface area contributed by atoms with Crippen LogP contribution in [0.25, 0.3) is 0 Å². The summed E-state index contributed by atoms with van der Waals surface area (Å²) < 4.78 is 1.73. The molecule has 0 aliphatic heterocycles. The van der Waals surface area contributed by atoms with E-state index in [1.165, 1.54) is 5.56 Å². The van der Waals surface area contributed by atoms with Gasteiger partial charge in [0.2, 0.25) is 0 Å². The Kier molecular flexibility index (Phi) is 4.21. The third-order valence-electron chi connectivity index (χ3n) is 2.88. The Morgan fingerprint density at radius 2 is 1.84 bits per heavy atom. The Morgan fingerprint density at radius 3 is 2.42 bits per heavy atom. The highest BCUT2D eigenvalue weighted by Crippen LogP contribution is 2.20. The van der Waals surface area contributed by atoms with E-state index in [4.69, 9.17) is 12.2 Å². The fourth-order valence-corrected chi connectivity index (χ4v) is 2.28. The molecule has 1 aromatic carbocycles. The summed E-state index contributed by atoms with van der Waals surface area (Å²) >= 11 is 8.69. The first kappa shape index (κ1) is 14.4. The van der Waals surface area contributed by atoms with Gasteiger partial charge in [0.05, 0.1) is 0 Å². The van der Waals surface area contributed by atoms with Crippen LogP contribution in [0.1, 0.15) is 37.9 Å². The molecule has 4 heteroatoms. The van der Waals surface area contributed by atoms with Crippen molar-refractivity contribution in [2.24, 2.45) is 0 Å². The second-order valence-electron chi connectivity index (χ2n) is 5.63. The van der Waals surface area contributed by atoms with E-state index in [1.54, 1.807) is 0 Å². The molecule has 2 aromatic rings. The van der Waals surface area contributed by atoms with Crippen LogP contribution in [0.5, 0.6) is 0 Å². The molecule has 1 aromatic heterocycles. The zero-order valence-corrected chi connectivity index (χ0v) is 13.7. The van der Waals surface area contributed by atoms with Crippen LogP contribution in [-0.2, 0) is 11.8 Å². The number of nitrogens with zero attached hydrogens (tertiary/aromatic N) is 1. The predicted octanol–water partition coefficient (Wildman–Crippen LogP) is 4.79. The van der Waals surface area contributed by atoms with Crippen LogP contribution in [0.2, 0.25) is 0 Å². The standard InChI is InChI=1S/C15H17BrN2S/c1-15(2,3)12-9-14(19)18-13(17-12)8-10-4-6-11(16)7-5-10/h4-7,9H,8H2,1-3H3,(H,17,18,19). The molecule has 0 saturated heterocycles. The van der Waals surface area contributed by atoms with Gasteiger partial charge in [-0.3, -0.25) is 0 Å². The quantitative estimate of drug-likeness (QED) is 0.798. The van der Waals surface area contributed by atoms with Crippen molar-refractivity contribution in [1.29, 1.82) is 0 Å². The summed E-state index contributed by atoms with van der Waals surface area (Å²) in [6.07, 6.45) is 0.765. The molecule has 2 nitrogen and oxygen atoms in total. The van der Waals surface area contributed by atoms with Crippen LogP contribution in [-0.4, -0.2) is 9.97 Å². The topological polar surface area (TPSA) is 28.7 Å². The summed E-state index contributed by atoms with van der Waals surface area (Å²) in [5.41, 5.74) is 2.39. The van der Waals surface area contributed by atoms with Crippen molar-refractivity contribution in [3.8, 4) is 0 Å². The van der Waals surface area contributed by atoms with Crippen LogP contribution in [0.3, 0.4) is 0 Å². The van der Waals surface area contributed by atoms with Gasteiger partial charge < -0.3 is 4.98 Å². The fraction of sp³-hybridized carbons (Fsp3) is 0.333. The van der Waals surface area contributed by atoms with Gasteiger partial charge in [-0.25, -0.2) is 4.98 Å². The molecule has 0 atom stereocenters. The lowest BCUT2D eigenvalue weighted by Gasteiger charge is -2.19. The molecule has 0 bridgehead atoms. The molecule has 0 radical (unpaired) electrons. The maximum atomic E-state index is 5.25. The summed E-state index contributed by atoms with van der Waals surface area (Å²) in [6, 6.07) is 10.2. The van der Waals surface area contributed by atoms with Crippen LogP contribution in [0, 0.1) is 4.64 Å². The molecule has 0 unspecified atom stereocenters. The molecule has 0 spiro atoms. The van der Waals surface area contributed by atoms with Crippen LogP contribution < -0.4 is 0 Å². The van der Waals surface area contributed by atoms with Gasteiger partial charge in [0.25, 0.3) is 0 Å². The van der Waals surface area contributed by atoms with Gasteiger partial charge in [-0.1, -0.05) is 61.1 Å². The normalized spacial score (nSPS) is 11.6. The Labute approximate surface area is 127 Å². The first-order valence-corrected chi connectivity index (χ1v) is 7.40. The average Bonchev–Trinajstić information content (AvgIpc) is 2.30. The second-order valence-corrected chi connectivity index (χ2v) is 6.97. The van der Waals surface area contributed by atoms with E-state index in [-0.39, 0.29) is 5.41 Å². The van der Waals surface area contributed by atoms with Crippen LogP contribution in [0.15, 0.2) is 34.8 Å². The first-order chi connectivity index (χ1) is 8.84. The zero-order valence-electron chi connectivity index (χ0n) is 11.3. The van der Waals surface area contributed by atoms with Crippen LogP contribution in [0.4, 0.5) is 0 Å². The summed E-state index contributed by atoms with van der Waals surface area (Å²) in [4.78, 5) is 7.81. The zero-order chi connectivity index (χ0) is 14.0. The molecule has 0 aliphatic carbocycles. The monoisotopic (exact) mass is 336 g/mol. The molecule has 0 aliphatic rings. The molecule has 0 saturated carbocycles. The van der Waals surface area contributed by atoms with Crippen molar-refractivity contribution in [1.82, 2.24) is 9.97 Å². The lowest BCUT2D eigenvalue weighted by molar-refractivity contribution is 0.562. The smallest absolute Gasteiger partial charge is 0.130 e. The highest BCUT2D eigenvalue weighted by molar-refractivity contribution is 9.10. The van der Waals surface area contributed by atoms with Gasteiger partial charge in [0.15, 0.2) is 0 Å². The van der Waals surface area contributed by atoms with E-state index < -0.39 is 0 Å². The van der Waals surface area contributed by atoms with Crippen molar-refractivity contribution in [2.75, 3.05) is 0 Å². The Hall–Kier alpha value is -1.00. The minimum atomic E-state index is 0.0466. The fourth-order valence-electron chi connectivity index (χ4n) is 1.79. The number of halogens is 1. The number of nitrogens with one attached hydrogen (secondary N) is 1. The number of hydrogen-bond acceptors (Lipinski definition) is 2. The summed E-state index contributed by atoms with van der Waals surface area (Å²) in [7, 11) is 0. The van der Waals surface area contributed by atoms with Crippen molar-refractivity contribution in [3.63, 3.8) is 0 Å². The molecule has 1 heterocycles. The molecule has 1 N–H and O–H groups in total. The largest absolute Gasteiger partial charge is 0.346 e. The lowest BCUT2D eigenvalue weighted by atomic mass is 9.92. The molecular formula is C15H17BrN2S. The van der Waals surface area contributed by atoms with Gasteiger partial charge in [-0.2, -0.15) is 0 Å². The highest BCUT2D eigenvalue weighted by Gasteiger charge is 2.15. The van der Waals surface area contributed by atoms with Gasteiger partial charge in [0, 0.05) is 22.0 Å². The van der Waals surface area contributed by atoms with Crippen LogP contribution >= 0.6 is 28.1 Å². The lowest BCUT2D eigenvalue weighted by Crippen LogP contribution is -2.15. The summed E-state index contributed by atoms with van der Waals surface area (Å²) in [5, 5.41) is 0. The predicted molar refractivity (Wildman–Crippen MR) is 85.1 cm³/mol. The molecule has 19 heavy (non-hydrogen) atoms. The number of H-pyrrole nitrogens is 1. The average molecular weight is 337 g/mol. The van der Waals surface area contributed by atoms with Gasteiger partial charge in [0.1, 0.15) is 10.5 Å². The molecule has 2 rings (SSSR count). The van der Waals surface area contributed by atoms with Gasteiger partial charge in [-0.15, -0.1) is 0 Å². The van der Waals surface area contributed by atoms with E-state index in [2.05, 4.69) is 58.8 Å². The van der Waals surface area contributed by atoms with Crippen molar-refractivity contribution >= 4 is 28.1 Å². The third kappa shape index (κ3) is 3.98. The van der Waals surface area contributed by atoms with E-state index >= 15 is 0 Å². The molecule has 100 valence electrons. The van der Waals surface area contributed by atoms with E-state index in [0.717, 1.165) is 22.4 Å². The minimum absolute atomic E-state index is 0.0466. The Balaban J connectivity index is 2.33. The van der Waals surface area contributed by atoms with Gasteiger partial charge >= 0.3 is 0 Å². The Bertz CT molecular complexity index is 624. The number of rotatable bonds is 2. The second kappa shape index (κ2) is 5.55. The van der Waals surface area contributed by atoms with Gasteiger partial charge in [-0.05, 0) is 23.8 Å². The number of hydrogen-bond donors (Lipinski definition) is 1. The molecule has 0 amide bonds. The molecule has 0 fully saturated rings. The maximum absolute atomic E-state index is 5.25. The van der Waals surface area contributed by atoms with Crippen molar-refractivity contribution in [3.05, 3.63) is 56.5 Å². The summed E-state index contributed by atoms with van der Waals surface area (Å²) in [5.74, 6) is 0.916. The van der Waals surface area contributed by atoms with E-state index in [9.17, 15) is 0 Å². The third-order valence-corrected chi connectivity index (χ3v) is 3.62. The van der Waals surface area contributed by atoms with E-state index in [1.807, 2.05) is 18.2 Å². The van der Waals surface area contributed by atoms with Crippen molar-refractivity contribution in [2.45, 2.75) is 32.6 Å². The number of aromatic amines is 1. The first-order valence-electron chi connectivity index (χ1n) is 6.20. The Morgan fingerprint density at radius 1 is 1.21 bits per heavy atom. The SMILES string of the molecule is CC(C)(C)c1cc(=S)nc(Cc2ccc(Br)cc2)[nH]1. The number of aromatic nitrogens is 2. The highest BCUT2D eigenvalue weighted by atomic mass is 79.9. The maximum Gasteiger partial charge on any atom is 0.130 e. The minimum Gasteiger partial charge on any atom is -0.346 e.